The van der Waals surface area contributed by atoms with Gasteiger partial charge in [-0.25, -0.2) is 0 Å². The van der Waals surface area contributed by atoms with E-state index in [1.807, 2.05) is 6.07 Å². The highest BCUT2D eigenvalue weighted by Gasteiger charge is 2.28. The van der Waals surface area contributed by atoms with Gasteiger partial charge in [0.25, 0.3) is 11.7 Å². The van der Waals surface area contributed by atoms with Crippen LogP contribution in [0.5, 0.6) is 0 Å². The standard InChI is InChI=1S/C12H12BrNO3S/c1-17-3-2-4-18-10-6-9-7(5-8(10)13)11(15)12(16)14-9/h5-6H,2-4H2,1H3,(H,14,15,16). The third-order valence-corrected chi connectivity index (χ3v) is 4.58. The molecule has 2 rings (SSSR count). The van der Waals surface area contributed by atoms with Gasteiger partial charge in [0.15, 0.2) is 0 Å². The van der Waals surface area contributed by atoms with Crippen LogP contribution in [0.15, 0.2) is 21.5 Å². The van der Waals surface area contributed by atoms with Crippen LogP contribution in [0.1, 0.15) is 16.8 Å². The number of ether oxygens (including phenoxy) is 1. The lowest BCUT2D eigenvalue weighted by Gasteiger charge is -2.06. The number of ketones is 1. The number of thioether (sulfide) groups is 1. The zero-order valence-corrected chi connectivity index (χ0v) is 12.2. The number of fused-ring (bicyclic) bond motifs is 1. The first kappa shape index (κ1) is 13.6. The van der Waals surface area contributed by atoms with Gasteiger partial charge in [0.2, 0.25) is 0 Å². The molecule has 96 valence electrons. The van der Waals surface area contributed by atoms with E-state index in [1.54, 1.807) is 24.9 Å². The average molecular weight is 330 g/mol. The molecule has 0 atom stereocenters. The van der Waals surface area contributed by atoms with Crippen molar-refractivity contribution in [3.8, 4) is 0 Å². The Morgan fingerprint density at radius 2 is 2.17 bits per heavy atom. The molecule has 6 heteroatoms. The molecule has 1 N–H and O–H groups in total. The summed E-state index contributed by atoms with van der Waals surface area (Å²) in [5, 5.41) is 2.57. The molecule has 1 aromatic rings. The summed E-state index contributed by atoms with van der Waals surface area (Å²) in [4.78, 5) is 23.8. The monoisotopic (exact) mass is 329 g/mol. The topological polar surface area (TPSA) is 55.4 Å². The highest BCUT2D eigenvalue weighted by molar-refractivity contribution is 9.10. The fraction of sp³-hybridized carbons (Fsp3) is 0.333. The Bertz CT molecular complexity index is 504. The van der Waals surface area contributed by atoms with Crippen molar-refractivity contribution in [1.82, 2.24) is 0 Å². The first-order valence-corrected chi connectivity index (χ1v) is 7.22. The van der Waals surface area contributed by atoms with E-state index in [9.17, 15) is 9.59 Å². The number of anilines is 1. The summed E-state index contributed by atoms with van der Waals surface area (Å²) in [5.41, 5.74) is 1.04. The molecule has 1 aliphatic heterocycles. The van der Waals surface area contributed by atoms with Gasteiger partial charge in [-0.05, 0) is 34.5 Å². The molecule has 0 unspecified atom stereocenters. The number of hydrogen-bond acceptors (Lipinski definition) is 4. The molecular formula is C12H12BrNO3S. The molecule has 1 aromatic carbocycles. The second-order valence-corrected chi connectivity index (χ2v) is 5.80. The zero-order chi connectivity index (χ0) is 13.1. The molecule has 0 radical (unpaired) electrons. The number of benzene rings is 1. The normalized spacial score (nSPS) is 13.7. The molecule has 0 saturated carbocycles. The van der Waals surface area contributed by atoms with E-state index in [0.717, 1.165) is 28.1 Å². The summed E-state index contributed by atoms with van der Waals surface area (Å²) in [6.45, 7) is 0.727. The number of carbonyl (C=O) groups is 2. The van der Waals surface area contributed by atoms with Crippen LogP contribution in [-0.2, 0) is 9.53 Å². The van der Waals surface area contributed by atoms with Crippen LogP contribution < -0.4 is 5.32 Å². The third kappa shape index (κ3) is 2.76. The fourth-order valence-electron chi connectivity index (χ4n) is 1.64. The van der Waals surface area contributed by atoms with Gasteiger partial charge in [0, 0.05) is 28.8 Å². The Kier molecular flexibility index (Phi) is 4.42. The van der Waals surface area contributed by atoms with Crippen molar-refractivity contribution in [2.45, 2.75) is 11.3 Å². The number of halogens is 1. The molecule has 18 heavy (non-hydrogen) atoms. The smallest absolute Gasteiger partial charge is 0.296 e. The van der Waals surface area contributed by atoms with E-state index in [4.69, 9.17) is 4.74 Å². The van der Waals surface area contributed by atoms with Gasteiger partial charge in [0.05, 0.1) is 11.3 Å². The highest BCUT2D eigenvalue weighted by atomic mass is 79.9. The Morgan fingerprint density at radius 3 is 2.89 bits per heavy atom. The second-order valence-electron chi connectivity index (χ2n) is 3.81. The zero-order valence-electron chi connectivity index (χ0n) is 9.79. The summed E-state index contributed by atoms with van der Waals surface area (Å²) < 4.78 is 5.83. The Morgan fingerprint density at radius 1 is 1.39 bits per heavy atom. The van der Waals surface area contributed by atoms with Crippen molar-refractivity contribution < 1.29 is 14.3 Å². The first-order chi connectivity index (χ1) is 8.63. The van der Waals surface area contributed by atoms with Crippen molar-refractivity contribution in [1.29, 1.82) is 0 Å². The predicted octanol–water partition coefficient (Wildman–Crippen LogP) is 2.71. The summed E-state index contributed by atoms with van der Waals surface area (Å²) in [5.74, 6) is -0.104. The lowest BCUT2D eigenvalue weighted by molar-refractivity contribution is -0.112. The maximum Gasteiger partial charge on any atom is 0.296 e. The molecule has 4 nitrogen and oxygen atoms in total. The maximum atomic E-state index is 11.5. The number of hydrogen-bond donors (Lipinski definition) is 1. The minimum Gasteiger partial charge on any atom is -0.385 e. The van der Waals surface area contributed by atoms with Gasteiger partial charge in [-0.1, -0.05) is 0 Å². The molecule has 1 amide bonds. The number of carbonyl (C=O) groups excluding carboxylic acids is 2. The molecule has 0 bridgehead atoms. The summed E-state index contributed by atoms with van der Waals surface area (Å²) in [6.07, 6.45) is 0.954. The van der Waals surface area contributed by atoms with Crippen LogP contribution in [0.2, 0.25) is 0 Å². The predicted molar refractivity (Wildman–Crippen MR) is 74.3 cm³/mol. The van der Waals surface area contributed by atoms with Gasteiger partial charge in [-0.15, -0.1) is 11.8 Å². The Balaban J connectivity index is 2.12. The molecular weight excluding hydrogens is 318 g/mol. The van der Waals surface area contributed by atoms with Gasteiger partial charge in [-0.3, -0.25) is 9.59 Å². The molecule has 0 saturated heterocycles. The third-order valence-electron chi connectivity index (χ3n) is 2.52. The second kappa shape index (κ2) is 5.86. The lowest BCUT2D eigenvalue weighted by Crippen LogP contribution is -2.12. The molecule has 0 aliphatic carbocycles. The number of rotatable bonds is 5. The molecule has 0 spiro atoms. The summed E-state index contributed by atoms with van der Waals surface area (Å²) in [7, 11) is 1.68. The van der Waals surface area contributed by atoms with E-state index < -0.39 is 11.7 Å². The van der Waals surface area contributed by atoms with Gasteiger partial charge < -0.3 is 10.1 Å². The highest BCUT2D eigenvalue weighted by Crippen LogP contribution is 2.35. The molecule has 0 fully saturated rings. The van der Waals surface area contributed by atoms with Gasteiger partial charge in [0.1, 0.15) is 0 Å². The molecule has 0 aromatic heterocycles. The van der Waals surface area contributed by atoms with Crippen molar-refractivity contribution in [3.05, 3.63) is 22.2 Å². The van der Waals surface area contributed by atoms with E-state index in [0.29, 0.717) is 11.3 Å². The van der Waals surface area contributed by atoms with E-state index in [-0.39, 0.29) is 0 Å². The van der Waals surface area contributed by atoms with Crippen molar-refractivity contribution in [2.24, 2.45) is 0 Å². The summed E-state index contributed by atoms with van der Waals surface area (Å²) in [6, 6.07) is 3.54. The van der Waals surface area contributed by atoms with E-state index >= 15 is 0 Å². The quantitative estimate of drug-likeness (QED) is 0.512. The van der Waals surface area contributed by atoms with Crippen LogP contribution in [0.3, 0.4) is 0 Å². The molecule has 1 aliphatic rings. The Hall–Kier alpha value is -0.850. The number of methoxy groups -OCH3 is 1. The lowest BCUT2D eigenvalue weighted by atomic mass is 10.1. The molecule has 1 heterocycles. The fourth-order valence-corrected chi connectivity index (χ4v) is 3.21. The van der Waals surface area contributed by atoms with E-state index in [1.165, 1.54) is 0 Å². The Labute approximate surface area is 118 Å². The van der Waals surface area contributed by atoms with E-state index in [2.05, 4.69) is 21.2 Å². The van der Waals surface area contributed by atoms with Crippen LogP contribution in [0, 0.1) is 0 Å². The summed E-state index contributed by atoms with van der Waals surface area (Å²) >= 11 is 5.09. The van der Waals surface area contributed by atoms with Crippen molar-refractivity contribution in [2.75, 3.05) is 24.8 Å². The van der Waals surface area contributed by atoms with Crippen molar-refractivity contribution >= 4 is 45.1 Å². The van der Waals surface area contributed by atoms with Crippen LogP contribution in [0.4, 0.5) is 5.69 Å². The van der Waals surface area contributed by atoms with Crippen LogP contribution >= 0.6 is 27.7 Å². The van der Waals surface area contributed by atoms with Gasteiger partial charge >= 0.3 is 0 Å². The van der Waals surface area contributed by atoms with Gasteiger partial charge in [-0.2, -0.15) is 0 Å². The van der Waals surface area contributed by atoms with Crippen LogP contribution in [-0.4, -0.2) is 31.2 Å². The largest absolute Gasteiger partial charge is 0.385 e. The average Bonchev–Trinajstić information content (AvgIpc) is 2.61. The van der Waals surface area contributed by atoms with Crippen molar-refractivity contribution in [3.63, 3.8) is 0 Å². The van der Waals surface area contributed by atoms with Crippen LogP contribution in [0.25, 0.3) is 0 Å². The number of amides is 1. The first-order valence-electron chi connectivity index (χ1n) is 5.44. The SMILES string of the molecule is COCCCSc1cc2c(cc1Br)C(=O)C(=O)N2. The minimum atomic E-state index is -0.557. The minimum absolute atomic E-state index is 0.438. The maximum absolute atomic E-state index is 11.5. The number of nitrogens with one attached hydrogen (secondary N) is 1. The number of Topliss-reactive ketones (excluding diaryl/α,β-unsaturated/α-hetero) is 1.